The van der Waals surface area contributed by atoms with Crippen LogP contribution in [0.5, 0.6) is 0 Å². The first-order valence-corrected chi connectivity index (χ1v) is 11.6. The predicted molar refractivity (Wildman–Crippen MR) is 125 cm³/mol. The monoisotopic (exact) mass is 414 g/mol. The van der Waals surface area contributed by atoms with Crippen LogP contribution in [0.4, 0.5) is 4.39 Å². The van der Waals surface area contributed by atoms with Crippen molar-refractivity contribution in [1.82, 2.24) is 9.80 Å². The van der Waals surface area contributed by atoms with E-state index in [4.69, 9.17) is 0 Å². The molecular formula is C28H31FN2. The zero-order valence-electron chi connectivity index (χ0n) is 18.0. The van der Waals surface area contributed by atoms with Crippen LogP contribution in [0.25, 0.3) is 0 Å². The van der Waals surface area contributed by atoms with Gasteiger partial charge in [0, 0.05) is 31.6 Å². The SMILES string of the molecule is Fc1cccc([C@H]2CN(Cc3ccccc3)C[C@@H]2N2CCC(c3ccccc3)CC2)c1. The van der Waals surface area contributed by atoms with Crippen molar-refractivity contribution in [3.8, 4) is 0 Å². The van der Waals surface area contributed by atoms with Gasteiger partial charge < -0.3 is 0 Å². The third-order valence-corrected chi connectivity index (χ3v) is 7.16. The molecular weight excluding hydrogens is 383 g/mol. The quantitative estimate of drug-likeness (QED) is 0.530. The van der Waals surface area contributed by atoms with Crippen LogP contribution in [0, 0.1) is 5.82 Å². The third kappa shape index (κ3) is 4.73. The van der Waals surface area contributed by atoms with Crippen LogP contribution in [-0.2, 0) is 6.54 Å². The second-order valence-electron chi connectivity index (χ2n) is 9.13. The molecule has 2 atom stereocenters. The molecule has 0 spiro atoms. The van der Waals surface area contributed by atoms with Crippen LogP contribution in [0.1, 0.15) is 41.4 Å². The molecule has 31 heavy (non-hydrogen) atoms. The zero-order valence-corrected chi connectivity index (χ0v) is 18.0. The Bertz CT molecular complexity index is 967. The Labute approximate surface area is 185 Å². The van der Waals surface area contributed by atoms with Crippen molar-refractivity contribution < 1.29 is 4.39 Å². The number of rotatable bonds is 5. The normalized spacial score (nSPS) is 23.3. The standard InChI is InChI=1S/C28H31FN2/c29-26-13-7-12-25(18-26)27-20-30(19-22-8-3-1-4-9-22)21-28(27)31-16-14-24(15-17-31)23-10-5-2-6-11-23/h1-13,18,24,27-28H,14-17,19-21H2/t27-,28+/m1/s1. The molecule has 2 aliphatic heterocycles. The van der Waals surface area contributed by atoms with E-state index in [1.807, 2.05) is 6.07 Å². The lowest BCUT2D eigenvalue weighted by atomic mass is 9.87. The number of hydrogen-bond acceptors (Lipinski definition) is 2. The van der Waals surface area contributed by atoms with Gasteiger partial charge in [0.15, 0.2) is 0 Å². The van der Waals surface area contributed by atoms with Gasteiger partial charge in [-0.05, 0) is 60.7 Å². The Morgan fingerprint density at radius 3 is 2.13 bits per heavy atom. The minimum absolute atomic E-state index is 0.124. The lowest BCUT2D eigenvalue weighted by Gasteiger charge is -2.38. The van der Waals surface area contributed by atoms with E-state index in [0.29, 0.717) is 17.9 Å². The summed E-state index contributed by atoms with van der Waals surface area (Å²) in [6, 6.07) is 29.4. The summed E-state index contributed by atoms with van der Waals surface area (Å²) >= 11 is 0. The first-order valence-electron chi connectivity index (χ1n) is 11.6. The number of hydrogen-bond donors (Lipinski definition) is 0. The number of likely N-dealkylation sites (tertiary alicyclic amines) is 2. The van der Waals surface area contributed by atoms with Gasteiger partial charge in [-0.2, -0.15) is 0 Å². The van der Waals surface area contributed by atoms with Gasteiger partial charge >= 0.3 is 0 Å². The van der Waals surface area contributed by atoms with E-state index in [-0.39, 0.29) is 5.82 Å². The molecule has 160 valence electrons. The molecule has 3 heteroatoms. The molecule has 0 radical (unpaired) electrons. The maximum absolute atomic E-state index is 14.0. The van der Waals surface area contributed by atoms with E-state index in [2.05, 4.69) is 76.5 Å². The first-order chi connectivity index (χ1) is 15.3. The molecule has 2 aliphatic rings. The Balaban J connectivity index is 1.32. The average molecular weight is 415 g/mol. The van der Waals surface area contributed by atoms with Gasteiger partial charge in [-0.3, -0.25) is 9.80 Å². The maximum atomic E-state index is 14.0. The molecule has 0 N–H and O–H groups in total. The van der Waals surface area contributed by atoms with Gasteiger partial charge in [0.05, 0.1) is 0 Å². The second kappa shape index (κ2) is 9.33. The Morgan fingerprint density at radius 2 is 1.42 bits per heavy atom. The molecule has 2 saturated heterocycles. The largest absolute Gasteiger partial charge is 0.298 e. The summed E-state index contributed by atoms with van der Waals surface area (Å²) < 4.78 is 14.0. The predicted octanol–water partition coefficient (Wildman–Crippen LogP) is 5.67. The van der Waals surface area contributed by atoms with Gasteiger partial charge in [0.2, 0.25) is 0 Å². The van der Waals surface area contributed by atoms with E-state index in [0.717, 1.165) is 38.3 Å². The van der Waals surface area contributed by atoms with Crippen LogP contribution < -0.4 is 0 Å². The average Bonchev–Trinajstić information content (AvgIpc) is 3.24. The van der Waals surface area contributed by atoms with Crippen LogP contribution in [0.15, 0.2) is 84.9 Å². The maximum Gasteiger partial charge on any atom is 0.123 e. The van der Waals surface area contributed by atoms with Gasteiger partial charge in [-0.1, -0.05) is 72.8 Å². The van der Waals surface area contributed by atoms with E-state index >= 15 is 0 Å². The van der Waals surface area contributed by atoms with Crippen molar-refractivity contribution >= 4 is 0 Å². The van der Waals surface area contributed by atoms with Gasteiger partial charge in [-0.25, -0.2) is 4.39 Å². The molecule has 0 aromatic heterocycles. The van der Waals surface area contributed by atoms with Crippen molar-refractivity contribution in [3.05, 3.63) is 107 Å². The molecule has 0 aliphatic carbocycles. The molecule has 0 saturated carbocycles. The molecule has 2 heterocycles. The molecule has 0 amide bonds. The third-order valence-electron chi connectivity index (χ3n) is 7.16. The molecule has 2 nitrogen and oxygen atoms in total. The molecule has 0 unspecified atom stereocenters. The summed E-state index contributed by atoms with van der Waals surface area (Å²) in [7, 11) is 0. The smallest absolute Gasteiger partial charge is 0.123 e. The van der Waals surface area contributed by atoms with Crippen LogP contribution in [0.3, 0.4) is 0 Å². The van der Waals surface area contributed by atoms with Gasteiger partial charge in [0.25, 0.3) is 0 Å². The van der Waals surface area contributed by atoms with Crippen LogP contribution >= 0.6 is 0 Å². The number of benzene rings is 3. The van der Waals surface area contributed by atoms with E-state index in [9.17, 15) is 4.39 Å². The van der Waals surface area contributed by atoms with Gasteiger partial charge in [-0.15, -0.1) is 0 Å². The number of piperidine rings is 1. The topological polar surface area (TPSA) is 6.48 Å². The minimum Gasteiger partial charge on any atom is -0.298 e. The highest BCUT2D eigenvalue weighted by Gasteiger charge is 2.38. The Kier molecular flexibility index (Phi) is 6.15. The van der Waals surface area contributed by atoms with E-state index in [1.165, 1.54) is 24.0 Å². The van der Waals surface area contributed by atoms with Crippen LogP contribution in [0.2, 0.25) is 0 Å². The van der Waals surface area contributed by atoms with Crippen LogP contribution in [-0.4, -0.2) is 42.0 Å². The summed E-state index contributed by atoms with van der Waals surface area (Å²) in [4.78, 5) is 5.23. The fourth-order valence-corrected chi connectivity index (χ4v) is 5.56. The summed E-state index contributed by atoms with van der Waals surface area (Å²) in [6.07, 6.45) is 2.41. The minimum atomic E-state index is -0.124. The van der Waals surface area contributed by atoms with Crippen molar-refractivity contribution in [1.29, 1.82) is 0 Å². The fraction of sp³-hybridized carbons (Fsp3) is 0.357. The van der Waals surface area contributed by atoms with Crippen molar-refractivity contribution in [2.24, 2.45) is 0 Å². The van der Waals surface area contributed by atoms with Gasteiger partial charge in [0.1, 0.15) is 5.82 Å². The van der Waals surface area contributed by atoms with Crippen molar-refractivity contribution in [3.63, 3.8) is 0 Å². The molecule has 2 fully saturated rings. The molecule has 3 aromatic rings. The highest BCUT2D eigenvalue weighted by Crippen LogP contribution is 2.36. The summed E-state index contributed by atoms with van der Waals surface area (Å²) in [5.74, 6) is 0.889. The first kappa shape index (κ1) is 20.4. The van der Waals surface area contributed by atoms with E-state index in [1.54, 1.807) is 12.1 Å². The molecule has 3 aromatic carbocycles. The number of nitrogens with zero attached hydrogens (tertiary/aromatic N) is 2. The Hall–Kier alpha value is -2.49. The molecule has 5 rings (SSSR count). The van der Waals surface area contributed by atoms with E-state index < -0.39 is 0 Å². The highest BCUT2D eigenvalue weighted by molar-refractivity contribution is 5.26. The number of halogens is 1. The highest BCUT2D eigenvalue weighted by atomic mass is 19.1. The fourth-order valence-electron chi connectivity index (χ4n) is 5.56. The summed E-state index contributed by atoms with van der Waals surface area (Å²) in [5.41, 5.74) is 3.97. The van der Waals surface area contributed by atoms with Crippen molar-refractivity contribution in [2.45, 2.75) is 37.3 Å². The lowest BCUT2D eigenvalue weighted by molar-refractivity contribution is 0.143. The lowest BCUT2D eigenvalue weighted by Crippen LogP contribution is -2.44. The molecule has 0 bridgehead atoms. The second-order valence-corrected chi connectivity index (χ2v) is 9.13. The van der Waals surface area contributed by atoms with Crippen molar-refractivity contribution in [2.75, 3.05) is 26.2 Å². The summed E-state index contributed by atoms with van der Waals surface area (Å²) in [6.45, 7) is 5.24. The Morgan fingerprint density at radius 1 is 0.742 bits per heavy atom. The zero-order chi connectivity index (χ0) is 21.0. The summed E-state index contributed by atoms with van der Waals surface area (Å²) in [5, 5.41) is 0.